The van der Waals surface area contributed by atoms with Crippen LogP contribution in [0.3, 0.4) is 0 Å². The normalized spacial score (nSPS) is 16.2. The topological polar surface area (TPSA) is 9.23 Å². The molecular formula is C17H32O. The SMILES string of the molecule is CCCCCCCCC(CCC)OC=C1CCC1. The van der Waals surface area contributed by atoms with Gasteiger partial charge in [-0.1, -0.05) is 52.4 Å². The summed E-state index contributed by atoms with van der Waals surface area (Å²) in [5.41, 5.74) is 1.53. The van der Waals surface area contributed by atoms with Crippen LogP contribution >= 0.6 is 0 Å². The summed E-state index contributed by atoms with van der Waals surface area (Å²) in [4.78, 5) is 0. The van der Waals surface area contributed by atoms with Crippen molar-refractivity contribution in [3.05, 3.63) is 11.8 Å². The highest BCUT2D eigenvalue weighted by Gasteiger charge is 2.11. The molecule has 0 aromatic carbocycles. The van der Waals surface area contributed by atoms with Crippen LogP contribution in [0.4, 0.5) is 0 Å². The minimum atomic E-state index is 0.481. The number of hydrogen-bond acceptors (Lipinski definition) is 1. The van der Waals surface area contributed by atoms with Crippen molar-refractivity contribution in [1.82, 2.24) is 0 Å². The first kappa shape index (κ1) is 15.6. The summed E-state index contributed by atoms with van der Waals surface area (Å²) in [5.74, 6) is 0. The molecule has 1 fully saturated rings. The van der Waals surface area contributed by atoms with Gasteiger partial charge in [0, 0.05) is 0 Å². The number of ether oxygens (including phenoxy) is 1. The van der Waals surface area contributed by atoms with E-state index in [-0.39, 0.29) is 0 Å². The summed E-state index contributed by atoms with van der Waals surface area (Å²) in [5, 5.41) is 0. The summed E-state index contributed by atoms with van der Waals surface area (Å²) in [6.45, 7) is 4.53. The smallest absolute Gasteiger partial charge is 0.0978 e. The van der Waals surface area contributed by atoms with Crippen LogP contribution in [0, 0.1) is 0 Å². The van der Waals surface area contributed by atoms with Crippen LogP contribution in [-0.4, -0.2) is 6.10 Å². The van der Waals surface area contributed by atoms with Gasteiger partial charge in [-0.3, -0.25) is 0 Å². The van der Waals surface area contributed by atoms with E-state index in [1.807, 2.05) is 0 Å². The predicted octanol–water partition coefficient (Wildman–Crippen LogP) is 5.99. The summed E-state index contributed by atoms with van der Waals surface area (Å²) >= 11 is 0. The van der Waals surface area contributed by atoms with E-state index in [0.717, 1.165) is 0 Å². The van der Waals surface area contributed by atoms with Crippen molar-refractivity contribution in [1.29, 1.82) is 0 Å². The number of allylic oxidation sites excluding steroid dienone is 1. The fourth-order valence-corrected chi connectivity index (χ4v) is 2.45. The van der Waals surface area contributed by atoms with Gasteiger partial charge in [-0.2, -0.15) is 0 Å². The van der Waals surface area contributed by atoms with Crippen molar-refractivity contribution in [2.45, 2.75) is 97.0 Å². The largest absolute Gasteiger partial charge is 0.498 e. The van der Waals surface area contributed by atoms with E-state index in [4.69, 9.17) is 4.74 Å². The molecule has 0 spiro atoms. The zero-order valence-corrected chi connectivity index (χ0v) is 12.5. The Balaban J connectivity index is 2.05. The summed E-state index contributed by atoms with van der Waals surface area (Å²) in [6, 6.07) is 0. The van der Waals surface area contributed by atoms with Gasteiger partial charge in [0.2, 0.25) is 0 Å². The van der Waals surface area contributed by atoms with Crippen molar-refractivity contribution < 1.29 is 4.74 Å². The third kappa shape index (κ3) is 7.08. The lowest BCUT2D eigenvalue weighted by atomic mass is 9.94. The fraction of sp³-hybridized carbons (Fsp3) is 0.882. The molecular weight excluding hydrogens is 220 g/mol. The van der Waals surface area contributed by atoms with Crippen LogP contribution in [0.25, 0.3) is 0 Å². The Morgan fingerprint density at radius 3 is 2.28 bits per heavy atom. The van der Waals surface area contributed by atoms with Gasteiger partial charge in [-0.15, -0.1) is 0 Å². The van der Waals surface area contributed by atoms with E-state index in [0.29, 0.717) is 6.10 Å². The van der Waals surface area contributed by atoms with Gasteiger partial charge >= 0.3 is 0 Å². The molecule has 1 aliphatic rings. The Hall–Kier alpha value is -0.460. The molecule has 1 rings (SSSR count). The Kier molecular flexibility index (Phi) is 9.06. The average Bonchev–Trinajstić information content (AvgIpc) is 2.31. The Morgan fingerprint density at radius 2 is 1.67 bits per heavy atom. The average molecular weight is 252 g/mol. The maximum absolute atomic E-state index is 5.95. The molecule has 1 aliphatic carbocycles. The molecule has 1 heteroatoms. The van der Waals surface area contributed by atoms with Gasteiger partial charge < -0.3 is 4.74 Å². The number of unbranched alkanes of at least 4 members (excludes halogenated alkanes) is 5. The lowest BCUT2D eigenvalue weighted by Gasteiger charge is -2.20. The van der Waals surface area contributed by atoms with Crippen molar-refractivity contribution in [2.24, 2.45) is 0 Å². The molecule has 0 amide bonds. The highest BCUT2D eigenvalue weighted by atomic mass is 16.5. The molecule has 0 saturated heterocycles. The van der Waals surface area contributed by atoms with E-state index in [1.54, 1.807) is 0 Å². The summed E-state index contributed by atoms with van der Waals surface area (Å²) in [7, 11) is 0. The highest BCUT2D eigenvalue weighted by Crippen LogP contribution is 2.26. The molecule has 1 nitrogen and oxygen atoms in total. The molecule has 1 atom stereocenters. The molecule has 0 aromatic rings. The molecule has 0 bridgehead atoms. The number of rotatable bonds is 11. The van der Waals surface area contributed by atoms with Gasteiger partial charge in [-0.25, -0.2) is 0 Å². The summed E-state index contributed by atoms with van der Waals surface area (Å²) < 4.78 is 5.95. The zero-order valence-electron chi connectivity index (χ0n) is 12.5. The number of hydrogen-bond donors (Lipinski definition) is 0. The quantitative estimate of drug-likeness (QED) is 0.324. The van der Waals surface area contributed by atoms with E-state index in [2.05, 4.69) is 20.1 Å². The Morgan fingerprint density at radius 1 is 0.944 bits per heavy atom. The first-order valence-electron chi connectivity index (χ1n) is 8.20. The Bertz CT molecular complexity index is 214. The van der Waals surface area contributed by atoms with Crippen molar-refractivity contribution in [3.63, 3.8) is 0 Å². The van der Waals surface area contributed by atoms with Crippen LogP contribution in [-0.2, 0) is 4.74 Å². The Labute approximate surface area is 114 Å². The first-order valence-corrected chi connectivity index (χ1v) is 8.20. The van der Waals surface area contributed by atoms with Gasteiger partial charge in [0.05, 0.1) is 12.4 Å². The summed E-state index contributed by atoms with van der Waals surface area (Å²) in [6.07, 6.45) is 18.5. The molecule has 0 radical (unpaired) electrons. The lowest BCUT2D eigenvalue weighted by molar-refractivity contribution is 0.119. The van der Waals surface area contributed by atoms with Crippen molar-refractivity contribution >= 4 is 0 Å². The second-order valence-electron chi connectivity index (χ2n) is 5.73. The molecule has 0 aromatic heterocycles. The lowest BCUT2D eigenvalue weighted by Crippen LogP contribution is -2.10. The third-order valence-electron chi connectivity index (χ3n) is 3.91. The maximum atomic E-state index is 5.95. The minimum absolute atomic E-state index is 0.481. The van der Waals surface area contributed by atoms with Crippen molar-refractivity contribution in [2.75, 3.05) is 0 Å². The van der Waals surface area contributed by atoms with Gasteiger partial charge in [-0.05, 0) is 44.1 Å². The first-order chi connectivity index (χ1) is 8.86. The van der Waals surface area contributed by atoms with Gasteiger partial charge in [0.1, 0.15) is 0 Å². The molecule has 1 unspecified atom stereocenters. The van der Waals surface area contributed by atoms with Crippen molar-refractivity contribution in [3.8, 4) is 0 Å². The highest BCUT2D eigenvalue weighted by molar-refractivity contribution is 5.06. The zero-order chi connectivity index (χ0) is 13.1. The second kappa shape index (κ2) is 10.5. The second-order valence-corrected chi connectivity index (χ2v) is 5.73. The fourth-order valence-electron chi connectivity index (χ4n) is 2.45. The molecule has 18 heavy (non-hydrogen) atoms. The molecule has 0 heterocycles. The van der Waals surface area contributed by atoms with Gasteiger partial charge in [0.15, 0.2) is 0 Å². The van der Waals surface area contributed by atoms with Crippen LogP contribution in [0.2, 0.25) is 0 Å². The third-order valence-corrected chi connectivity index (χ3v) is 3.91. The standard InChI is InChI=1S/C17H32O/c1-3-5-6-7-8-9-14-17(11-4-2)18-15-16-12-10-13-16/h15,17H,3-14H2,1-2H3. The molecule has 106 valence electrons. The van der Waals surface area contributed by atoms with E-state index >= 15 is 0 Å². The minimum Gasteiger partial charge on any atom is -0.498 e. The molecule has 0 N–H and O–H groups in total. The van der Waals surface area contributed by atoms with E-state index in [9.17, 15) is 0 Å². The van der Waals surface area contributed by atoms with Crippen LogP contribution in [0.1, 0.15) is 90.9 Å². The van der Waals surface area contributed by atoms with Gasteiger partial charge in [0.25, 0.3) is 0 Å². The van der Waals surface area contributed by atoms with Crippen LogP contribution < -0.4 is 0 Å². The predicted molar refractivity (Wildman–Crippen MR) is 79.7 cm³/mol. The van der Waals surface area contributed by atoms with E-state index in [1.165, 1.54) is 82.6 Å². The van der Waals surface area contributed by atoms with Crippen LogP contribution in [0.15, 0.2) is 11.8 Å². The monoisotopic (exact) mass is 252 g/mol. The molecule has 1 saturated carbocycles. The van der Waals surface area contributed by atoms with E-state index < -0.39 is 0 Å². The van der Waals surface area contributed by atoms with Crippen LogP contribution in [0.5, 0.6) is 0 Å². The maximum Gasteiger partial charge on any atom is 0.0978 e. The molecule has 0 aliphatic heterocycles.